The SMILES string of the molecule is C=COCCC1C[C@@H]2CN3CCc4c([nH]c5cc(OC)c(OC)cc45)C(C(=O)OCC)(C2)C13. The van der Waals surface area contributed by atoms with Gasteiger partial charge in [0, 0.05) is 41.8 Å². The van der Waals surface area contributed by atoms with E-state index in [9.17, 15) is 4.79 Å². The third kappa shape index (κ3) is 3.31. The van der Waals surface area contributed by atoms with Crippen LogP contribution < -0.4 is 9.47 Å². The molecular formula is C26H34N2O5. The summed E-state index contributed by atoms with van der Waals surface area (Å²) in [6.07, 6.45) is 5.24. The van der Waals surface area contributed by atoms with Crippen molar-refractivity contribution >= 4 is 16.9 Å². The zero-order valence-corrected chi connectivity index (χ0v) is 19.8. The lowest BCUT2D eigenvalue weighted by Crippen LogP contribution is -2.67. The second-order valence-electron chi connectivity index (χ2n) is 9.50. The molecule has 2 aromatic rings. The van der Waals surface area contributed by atoms with Gasteiger partial charge < -0.3 is 23.9 Å². The number of hydrogen-bond acceptors (Lipinski definition) is 6. The van der Waals surface area contributed by atoms with Crippen molar-refractivity contribution in [2.75, 3.05) is 40.5 Å². The van der Waals surface area contributed by atoms with Crippen LogP contribution in [0.15, 0.2) is 25.0 Å². The molecule has 0 spiro atoms. The molecule has 0 radical (unpaired) electrons. The van der Waals surface area contributed by atoms with E-state index >= 15 is 0 Å². The number of H-pyrrole nitrogens is 1. The van der Waals surface area contributed by atoms with E-state index in [0.717, 1.165) is 55.4 Å². The minimum absolute atomic E-state index is 0.0908. The minimum atomic E-state index is -0.707. The Labute approximate surface area is 195 Å². The van der Waals surface area contributed by atoms with Gasteiger partial charge in [0.1, 0.15) is 5.41 Å². The predicted octanol–water partition coefficient (Wildman–Crippen LogP) is 3.80. The van der Waals surface area contributed by atoms with Gasteiger partial charge in [0.05, 0.1) is 33.7 Å². The average Bonchev–Trinajstić information content (AvgIpc) is 3.15. The number of nitrogens with one attached hydrogen (secondary N) is 1. The van der Waals surface area contributed by atoms with E-state index < -0.39 is 5.41 Å². The van der Waals surface area contributed by atoms with Crippen LogP contribution in [0, 0.1) is 11.8 Å². The number of esters is 1. The summed E-state index contributed by atoms with van der Waals surface area (Å²) in [7, 11) is 3.30. The van der Waals surface area contributed by atoms with Crippen molar-refractivity contribution in [3.63, 3.8) is 0 Å². The molecular weight excluding hydrogens is 420 g/mol. The summed E-state index contributed by atoms with van der Waals surface area (Å²) in [5.74, 6) is 2.09. The maximum absolute atomic E-state index is 13.9. The van der Waals surface area contributed by atoms with Crippen molar-refractivity contribution in [1.82, 2.24) is 9.88 Å². The molecule has 4 bridgehead atoms. The fourth-order valence-electron chi connectivity index (χ4n) is 6.91. The number of rotatable bonds is 8. The zero-order valence-electron chi connectivity index (χ0n) is 19.8. The van der Waals surface area contributed by atoms with Gasteiger partial charge in [-0.2, -0.15) is 0 Å². The Morgan fingerprint density at radius 1 is 1.30 bits per heavy atom. The van der Waals surface area contributed by atoms with E-state index in [0.29, 0.717) is 36.5 Å². The first-order valence-electron chi connectivity index (χ1n) is 12.0. The molecule has 7 nitrogen and oxygen atoms in total. The maximum atomic E-state index is 13.9. The van der Waals surface area contributed by atoms with E-state index in [1.54, 1.807) is 14.2 Å². The van der Waals surface area contributed by atoms with Crippen LogP contribution in [0.1, 0.15) is 37.4 Å². The number of nitrogens with zero attached hydrogens (tertiary/aromatic N) is 1. The van der Waals surface area contributed by atoms with Gasteiger partial charge in [-0.1, -0.05) is 6.58 Å². The first kappa shape index (κ1) is 22.1. The molecule has 3 fully saturated rings. The average molecular weight is 455 g/mol. The van der Waals surface area contributed by atoms with Crippen molar-refractivity contribution < 1.29 is 23.7 Å². The van der Waals surface area contributed by atoms with Crippen LogP contribution in [0.4, 0.5) is 0 Å². The monoisotopic (exact) mass is 454 g/mol. The molecule has 7 heteroatoms. The Kier molecular flexibility index (Phi) is 5.77. The van der Waals surface area contributed by atoms with Crippen molar-refractivity contribution in [2.24, 2.45) is 11.8 Å². The predicted molar refractivity (Wildman–Crippen MR) is 126 cm³/mol. The van der Waals surface area contributed by atoms with Gasteiger partial charge in [0.2, 0.25) is 0 Å². The maximum Gasteiger partial charge on any atom is 0.319 e. The van der Waals surface area contributed by atoms with Gasteiger partial charge in [0.15, 0.2) is 11.5 Å². The molecule has 5 atom stereocenters. The van der Waals surface area contributed by atoms with E-state index in [4.69, 9.17) is 18.9 Å². The molecule has 178 valence electrons. The van der Waals surface area contributed by atoms with Gasteiger partial charge in [-0.25, -0.2) is 0 Å². The summed E-state index contributed by atoms with van der Waals surface area (Å²) in [6.45, 7) is 8.54. The number of carbonyl (C=O) groups is 1. The fourth-order valence-corrected chi connectivity index (χ4v) is 6.91. The van der Waals surface area contributed by atoms with Crippen molar-refractivity contribution in [2.45, 2.75) is 44.1 Å². The van der Waals surface area contributed by atoms with Gasteiger partial charge >= 0.3 is 5.97 Å². The lowest BCUT2D eigenvalue weighted by molar-refractivity contribution is -0.165. The molecule has 1 aromatic carbocycles. The number of aromatic amines is 1. The number of fused-ring (bicyclic) bond motifs is 4. The molecule has 2 saturated heterocycles. The summed E-state index contributed by atoms with van der Waals surface area (Å²) in [4.78, 5) is 20.1. The van der Waals surface area contributed by atoms with E-state index in [1.807, 2.05) is 19.1 Å². The van der Waals surface area contributed by atoms with E-state index in [2.05, 4.69) is 16.5 Å². The molecule has 3 aliphatic heterocycles. The van der Waals surface area contributed by atoms with Crippen molar-refractivity contribution in [3.05, 3.63) is 36.2 Å². The van der Waals surface area contributed by atoms with Gasteiger partial charge in [-0.15, -0.1) is 0 Å². The number of ether oxygens (including phenoxy) is 4. The first-order chi connectivity index (χ1) is 16.1. The first-order valence-corrected chi connectivity index (χ1v) is 12.0. The van der Waals surface area contributed by atoms with Crippen LogP contribution in [-0.2, 0) is 26.1 Å². The number of benzene rings is 1. The normalized spacial score (nSPS) is 29.8. The molecule has 4 heterocycles. The molecule has 1 aromatic heterocycles. The Bertz CT molecular complexity index is 1060. The number of carbonyl (C=O) groups excluding carboxylic acids is 1. The van der Waals surface area contributed by atoms with Crippen LogP contribution in [0.3, 0.4) is 0 Å². The van der Waals surface area contributed by atoms with Crippen LogP contribution >= 0.6 is 0 Å². The largest absolute Gasteiger partial charge is 0.502 e. The van der Waals surface area contributed by atoms with Crippen LogP contribution in [0.25, 0.3) is 10.9 Å². The molecule has 4 unspecified atom stereocenters. The molecule has 1 N–H and O–H groups in total. The highest BCUT2D eigenvalue weighted by molar-refractivity contribution is 5.93. The Morgan fingerprint density at radius 2 is 2.09 bits per heavy atom. The lowest BCUT2D eigenvalue weighted by Gasteiger charge is -2.58. The summed E-state index contributed by atoms with van der Waals surface area (Å²) in [5, 5.41) is 1.10. The summed E-state index contributed by atoms with van der Waals surface area (Å²) >= 11 is 0. The summed E-state index contributed by atoms with van der Waals surface area (Å²) in [6, 6.07) is 4.12. The topological polar surface area (TPSA) is 73.0 Å². The number of hydrogen-bond donors (Lipinski definition) is 1. The van der Waals surface area contributed by atoms with Crippen molar-refractivity contribution in [1.29, 1.82) is 0 Å². The molecule has 1 saturated carbocycles. The third-order valence-corrected chi connectivity index (χ3v) is 7.95. The minimum Gasteiger partial charge on any atom is -0.502 e. The van der Waals surface area contributed by atoms with Crippen LogP contribution in [0.5, 0.6) is 11.5 Å². The van der Waals surface area contributed by atoms with E-state index in [1.165, 1.54) is 11.8 Å². The fraction of sp³-hybridized carbons (Fsp3) is 0.577. The number of aromatic nitrogens is 1. The molecule has 1 aliphatic carbocycles. The Morgan fingerprint density at radius 3 is 2.82 bits per heavy atom. The van der Waals surface area contributed by atoms with E-state index in [-0.39, 0.29) is 12.0 Å². The van der Waals surface area contributed by atoms with Crippen LogP contribution in [-0.4, -0.2) is 62.4 Å². The van der Waals surface area contributed by atoms with Gasteiger partial charge in [-0.05, 0) is 56.1 Å². The smallest absolute Gasteiger partial charge is 0.319 e. The Balaban J connectivity index is 1.69. The molecule has 4 aliphatic rings. The second-order valence-corrected chi connectivity index (χ2v) is 9.50. The Hall–Kier alpha value is -2.67. The zero-order chi connectivity index (χ0) is 23.2. The number of methoxy groups -OCH3 is 2. The van der Waals surface area contributed by atoms with Gasteiger partial charge in [0.25, 0.3) is 0 Å². The second kappa shape index (κ2) is 8.60. The highest BCUT2D eigenvalue weighted by Gasteiger charge is 2.63. The highest BCUT2D eigenvalue weighted by atomic mass is 16.5. The van der Waals surface area contributed by atoms with Gasteiger partial charge in [-0.3, -0.25) is 9.69 Å². The molecule has 0 amide bonds. The quantitative estimate of drug-likeness (QED) is 0.372. The molecule has 6 rings (SSSR count). The highest BCUT2D eigenvalue weighted by Crippen LogP contribution is 2.55. The van der Waals surface area contributed by atoms with Crippen LogP contribution in [0.2, 0.25) is 0 Å². The third-order valence-electron chi connectivity index (χ3n) is 7.95. The van der Waals surface area contributed by atoms with Crippen molar-refractivity contribution in [3.8, 4) is 11.5 Å². The standard InChI is InChI=1S/C26H34N2O5/c1-5-32-10-8-17-11-16-14-26(25(29)33-6-2)23-18(7-9-28(15-16)24(17)26)19-12-21(30-3)22(31-4)13-20(19)27-23/h5,12-13,16-17,24,27H,1,6-11,14-15H2,2-4H3/t16-,17?,24?,26?/m0/s1. The number of piperidine rings is 2. The lowest BCUT2D eigenvalue weighted by atomic mass is 9.56. The summed E-state index contributed by atoms with van der Waals surface area (Å²) in [5.41, 5.74) is 2.50. The molecule has 33 heavy (non-hydrogen) atoms. The summed E-state index contributed by atoms with van der Waals surface area (Å²) < 4.78 is 22.4.